The molecule has 1 fully saturated rings. The lowest BCUT2D eigenvalue weighted by Gasteiger charge is -2.37. The highest BCUT2D eigenvalue weighted by molar-refractivity contribution is 7.19. The number of hydrogen-bond donors (Lipinski definition) is 0. The van der Waals surface area contributed by atoms with E-state index in [0.29, 0.717) is 6.04 Å². The predicted octanol–water partition coefficient (Wildman–Crippen LogP) is 3.26. The third-order valence-corrected chi connectivity index (χ3v) is 7.04. The maximum Gasteiger partial charge on any atom is 0.219 e. The number of rotatable bonds is 2. The van der Waals surface area contributed by atoms with Crippen molar-refractivity contribution in [1.82, 2.24) is 14.9 Å². The Balaban J connectivity index is 1.61. The number of hydrogen-bond acceptors (Lipinski definition) is 5. The van der Waals surface area contributed by atoms with E-state index in [-0.39, 0.29) is 5.91 Å². The number of fused-ring (bicyclic) bond motifs is 3. The molecule has 4 rings (SSSR count). The van der Waals surface area contributed by atoms with Gasteiger partial charge in [0.15, 0.2) is 0 Å². The summed E-state index contributed by atoms with van der Waals surface area (Å²) in [5, 5.41) is 1.30. The smallest absolute Gasteiger partial charge is 0.219 e. The second kappa shape index (κ2) is 6.56. The Morgan fingerprint density at radius 1 is 1.28 bits per heavy atom. The molecule has 0 saturated carbocycles. The lowest BCUT2D eigenvalue weighted by Crippen LogP contribution is -2.45. The lowest BCUT2D eigenvalue weighted by atomic mass is 9.89. The second-order valence-electron chi connectivity index (χ2n) is 7.58. The fourth-order valence-corrected chi connectivity index (χ4v) is 5.57. The standard InChI is InChI=1S/C19H26N4OS/c1-12-4-5-15-16(10-12)25-19-17(15)18(20-11-21-19)23-8-6-14(7-9-23)22(3)13(2)24/h11-12,14H,4-10H2,1-3H3/t12-/m1/s1. The fraction of sp³-hybridized carbons (Fsp3) is 0.632. The molecule has 0 N–H and O–H groups in total. The van der Waals surface area contributed by atoms with Crippen molar-refractivity contribution in [3.05, 3.63) is 16.8 Å². The Kier molecular flexibility index (Phi) is 4.40. The van der Waals surface area contributed by atoms with Crippen LogP contribution in [-0.2, 0) is 17.6 Å². The van der Waals surface area contributed by atoms with Gasteiger partial charge in [0.1, 0.15) is 17.0 Å². The molecule has 1 aliphatic heterocycles. The molecule has 0 aromatic carbocycles. The van der Waals surface area contributed by atoms with Crippen molar-refractivity contribution in [2.45, 2.75) is 52.0 Å². The molecule has 0 bridgehead atoms. The zero-order valence-electron chi connectivity index (χ0n) is 15.3. The summed E-state index contributed by atoms with van der Waals surface area (Å²) in [6.07, 6.45) is 7.33. The maximum atomic E-state index is 11.6. The van der Waals surface area contributed by atoms with E-state index >= 15 is 0 Å². The molecule has 5 nitrogen and oxygen atoms in total. The summed E-state index contributed by atoms with van der Waals surface area (Å²) >= 11 is 1.86. The molecule has 3 heterocycles. The minimum atomic E-state index is 0.156. The Morgan fingerprint density at radius 3 is 2.76 bits per heavy atom. The number of anilines is 1. The average molecular weight is 359 g/mol. The third kappa shape index (κ3) is 3.01. The summed E-state index contributed by atoms with van der Waals surface area (Å²) in [6.45, 7) is 5.90. The number of piperidine rings is 1. The minimum absolute atomic E-state index is 0.156. The first-order valence-electron chi connectivity index (χ1n) is 9.28. The van der Waals surface area contributed by atoms with Gasteiger partial charge in [0.25, 0.3) is 0 Å². The molecule has 1 saturated heterocycles. The van der Waals surface area contributed by atoms with Crippen molar-refractivity contribution < 1.29 is 4.79 Å². The molecular formula is C19H26N4OS. The van der Waals surface area contributed by atoms with Gasteiger partial charge in [-0.15, -0.1) is 11.3 Å². The summed E-state index contributed by atoms with van der Waals surface area (Å²) < 4.78 is 0. The van der Waals surface area contributed by atoms with Gasteiger partial charge in [-0.25, -0.2) is 9.97 Å². The highest BCUT2D eigenvalue weighted by Crippen LogP contribution is 2.41. The zero-order valence-corrected chi connectivity index (χ0v) is 16.1. The largest absolute Gasteiger partial charge is 0.356 e. The van der Waals surface area contributed by atoms with Crippen molar-refractivity contribution >= 4 is 33.3 Å². The highest BCUT2D eigenvalue weighted by Gasteiger charge is 2.28. The van der Waals surface area contributed by atoms with E-state index < -0.39 is 0 Å². The number of carbonyl (C=O) groups is 1. The van der Waals surface area contributed by atoms with Crippen molar-refractivity contribution in [3.8, 4) is 0 Å². The molecule has 2 aromatic rings. The molecule has 0 radical (unpaired) electrons. The van der Waals surface area contributed by atoms with Crippen LogP contribution in [0.5, 0.6) is 0 Å². The normalized spacial score (nSPS) is 21.4. The van der Waals surface area contributed by atoms with Gasteiger partial charge in [0.2, 0.25) is 5.91 Å². The average Bonchev–Trinajstić information content (AvgIpc) is 2.98. The number of nitrogens with zero attached hydrogens (tertiary/aromatic N) is 4. The topological polar surface area (TPSA) is 49.3 Å². The van der Waals surface area contributed by atoms with Crippen LogP contribution in [0.25, 0.3) is 10.2 Å². The van der Waals surface area contributed by atoms with Crippen molar-refractivity contribution in [2.24, 2.45) is 5.92 Å². The predicted molar refractivity (Wildman–Crippen MR) is 102 cm³/mol. The van der Waals surface area contributed by atoms with Crippen LogP contribution in [0.3, 0.4) is 0 Å². The van der Waals surface area contributed by atoms with Crippen LogP contribution in [0.2, 0.25) is 0 Å². The van der Waals surface area contributed by atoms with Crippen LogP contribution in [0.4, 0.5) is 5.82 Å². The van der Waals surface area contributed by atoms with Crippen LogP contribution in [0.1, 0.15) is 43.6 Å². The quantitative estimate of drug-likeness (QED) is 0.827. The monoisotopic (exact) mass is 358 g/mol. The summed E-state index contributed by atoms with van der Waals surface area (Å²) in [5.41, 5.74) is 1.50. The molecule has 0 unspecified atom stereocenters. The van der Waals surface area contributed by atoms with Gasteiger partial charge in [-0.1, -0.05) is 6.92 Å². The van der Waals surface area contributed by atoms with Gasteiger partial charge < -0.3 is 9.80 Å². The summed E-state index contributed by atoms with van der Waals surface area (Å²) in [5.74, 6) is 2.04. The van der Waals surface area contributed by atoms with E-state index in [1.54, 1.807) is 13.3 Å². The summed E-state index contributed by atoms with van der Waals surface area (Å²) in [6, 6.07) is 0.350. The maximum absolute atomic E-state index is 11.6. The summed E-state index contributed by atoms with van der Waals surface area (Å²) in [7, 11) is 1.92. The van der Waals surface area contributed by atoms with E-state index in [0.717, 1.165) is 48.9 Å². The second-order valence-corrected chi connectivity index (χ2v) is 8.66. The molecule has 1 atom stereocenters. The lowest BCUT2D eigenvalue weighted by molar-refractivity contribution is -0.129. The fourth-order valence-electron chi connectivity index (χ4n) is 4.22. The molecule has 1 amide bonds. The first-order chi connectivity index (χ1) is 12.0. The number of amides is 1. The zero-order chi connectivity index (χ0) is 17.6. The van der Waals surface area contributed by atoms with Crippen LogP contribution >= 0.6 is 11.3 Å². The van der Waals surface area contributed by atoms with Crippen molar-refractivity contribution in [1.29, 1.82) is 0 Å². The van der Waals surface area contributed by atoms with E-state index in [1.165, 1.54) is 28.7 Å². The summed E-state index contributed by atoms with van der Waals surface area (Å²) in [4.78, 5) is 27.8. The number of aryl methyl sites for hydroxylation is 1. The van der Waals surface area contributed by atoms with Gasteiger partial charge >= 0.3 is 0 Å². The molecule has 134 valence electrons. The molecule has 6 heteroatoms. The molecule has 1 aliphatic carbocycles. The SMILES string of the molecule is CC(=O)N(C)C1CCN(c2ncnc3sc4c(c23)CC[C@@H](C)C4)CC1. The van der Waals surface area contributed by atoms with Crippen LogP contribution in [-0.4, -0.2) is 47.0 Å². The van der Waals surface area contributed by atoms with Gasteiger partial charge in [-0.05, 0) is 43.6 Å². The number of aromatic nitrogens is 2. The minimum Gasteiger partial charge on any atom is -0.356 e. The van der Waals surface area contributed by atoms with Gasteiger partial charge in [0.05, 0.1) is 5.39 Å². The molecule has 25 heavy (non-hydrogen) atoms. The molecule has 2 aliphatic rings. The van der Waals surface area contributed by atoms with Crippen LogP contribution < -0.4 is 4.90 Å². The Hall–Kier alpha value is -1.69. The molecule has 0 spiro atoms. The number of thiophene rings is 1. The van der Waals surface area contributed by atoms with Gasteiger partial charge in [-0.2, -0.15) is 0 Å². The van der Waals surface area contributed by atoms with E-state index in [4.69, 9.17) is 0 Å². The van der Waals surface area contributed by atoms with Crippen molar-refractivity contribution in [2.75, 3.05) is 25.0 Å². The van der Waals surface area contributed by atoms with Gasteiger partial charge in [0, 0.05) is 38.0 Å². The van der Waals surface area contributed by atoms with Gasteiger partial charge in [-0.3, -0.25) is 4.79 Å². The van der Waals surface area contributed by atoms with E-state index in [1.807, 2.05) is 23.3 Å². The highest BCUT2D eigenvalue weighted by atomic mass is 32.1. The Bertz CT molecular complexity index is 794. The first kappa shape index (κ1) is 16.8. The number of carbonyl (C=O) groups excluding carboxylic acids is 1. The first-order valence-corrected chi connectivity index (χ1v) is 10.1. The van der Waals surface area contributed by atoms with Crippen molar-refractivity contribution in [3.63, 3.8) is 0 Å². The van der Waals surface area contributed by atoms with E-state index in [2.05, 4.69) is 21.8 Å². The third-order valence-electron chi connectivity index (χ3n) is 5.88. The van der Waals surface area contributed by atoms with Crippen LogP contribution in [0.15, 0.2) is 6.33 Å². The Labute approximate surface area is 153 Å². The van der Waals surface area contributed by atoms with E-state index in [9.17, 15) is 4.79 Å². The Morgan fingerprint density at radius 2 is 2.04 bits per heavy atom. The van der Waals surface area contributed by atoms with Crippen LogP contribution in [0, 0.1) is 5.92 Å². The molecular weight excluding hydrogens is 332 g/mol. The molecule has 2 aromatic heterocycles.